The van der Waals surface area contributed by atoms with E-state index < -0.39 is 5.97 Å². The molecular formula is C14H12BrNO3S. The van der Waals surface area contributed by atoms with E-state index in [0.717, 1.165) is 9.75 Å². The van der Waals surface area contributed by atoms with Crippen molar-refractivity contribution < 1.29 is 14.7 Å². The average Bonchev–Trinajstić information content (AvgIpc) is 2.70. The quantitative estimate of drug-likeness (QED) is 0.873. The summed E-state index contributed by atoms with van der Waals surface area (Å²) in [5.74, 6) is -1.21. The zero-order valence-corrected chi connectivity index (χ0v) is 13.3. The molecule has 1 aromatic heterocycles. The molecule has 0 aliphatic heterocycles. The molecule has 0 bridgehead atoms. The van der Waals surface area contributed by atoms with E-state index in [2.05, 4.69) is 21.2 Å². The Kier molecular flexibility index (Phi) is 4.25. The van der Waals surface area contributed by atoms with Gasteiger partial charge in [-0.3, -0.25) is 4.79 Å². The molecule has 0 fully saturated rings. The maximum Gasteiger partial charge on any atom is 0.335 e. The van der Waals surface area contributed by atoms with Gasteiger partial charge in [0.2, 0.25) is 0 Å². The Morgan fingerprint density at radius 3 is 2.45 bits per heavy atom. The van der Waals surface area contributed by atoms with Gasteiger partial charge in [0, 0.05) is 14.2 Å². The van der Waals surface area contributed by atoms with Crippen molar-refractivity contribution in [3.8, 4) is 0 Å². The fourth-order valence-corrected chi connectivity index (χ4v) is 3.19. The second-order valence-electron chi connectivity index (χ2n) is 4.28. The number of rotatable bonds is 3. The van der Waals surface area contributed by atoms with E-state index in [9.17, 15) is 9.59 Å². The SMILES string of the molecule is Cc1cc(C(=O)Nc2ccc(C(=O)O)cc2Br)c(C)s1. The Bertz CT molecular complexity index is 694. The van der Waals surface area contributed by atoms with Gasteiger partial charge in [0.1, 0.15) is 0 Å². The summed E-state index contributed by atoms with van der Waals surface area (Å²) in [6.45, 7) is 3.85. The Hall–Kier alpha value is -1.66. The van der Waals surface area contributed by atoms with Crippen molar-refractivity contribution in [1.82, 2.24) is 0 Å². The lowest BCUT2D eigenvalue weighted by Gasteiger charge is -2.08. The zero-order valence-electron chi connectivity index (χ0n) is 10.9. The Morgan fingerprint density at radius 1 is 1.25 bits per heavy atom. The fraction of sp³-hybridized carbons (Fsp3) is 0.143. The lowest BCUT2D eigenvalue weighted by Crippen LogP contribution is -2.12. The first-order valence-electron chi connectivity index (χ1n) is 5.79. The van der Waals surface area contributed by atoms with Crippen LogP contribution >= 0.6 is 27.3 Å². The molecule has 0 unspecified atom stereocenters. The number of anilines is 1. The van der Waals surface area contributed by atoms with Crippen molar-refractivity contribution in [3.05, 3.63) is 49.6 Å². The number of carbonyl (C=O) groups is 2. The number of carbonyl (C=O) groups excluding carboxylic acids is 1. The maximum atomic E-state index is 12.2. The number of halogens is 1. The minimum absolute atomic E-state index is 0.164. The molecule has 1 aromatic carbocycles. The molecule has 0 atom stereocenters. The van der Waals surface area contributed by atoms with Gasteiger partial charge in [0.15, 0.2) is 0 Å². The Labute approximate surface area is 128 Å². The molecule has 0 spiro atoms. The Morgan fingerprint density at radius 2 is 1.95 bits per heavy atom. The van der Waals surface area contributed by atoms with Crippen LogP contribution in [-0.4, -0.2) is 17.0 Å². The Balaban J connectivity index is 2.24. The van der Waals surface area contributed by atoms with Crippen LogP contribution in [0.25, 0.3) is 0 Å². The van der Waals surface area contributed by atoms with Crippen LogP contribution in [0.2, 0.25) is 0 Å². The van der Waals surface area contributed by atoms with Crippen molar-refractivity contribution in [2.75, 3.05) is 5.32 Å². The number of nitrogens with one attached hydrogen (secondary N) is 1. The van der Waals surface area contributed by atoms with Crippen LogP contribution in [0, 0.1) is 13.8 Å². The smallest absolute Gasteiger partial charge is 0.335 e. The molecule has 104 valence electrons. The first-order chi connectivity index (χ1) is 9.38. The third kappa shape index (κ3) is 3.08. The molecule has 2 aromatic rings. The van der Waals surface area contributed by atoms with Gasteiger partial charge in [-0.05, 0) is 54.0 Å². The predicted octanol–water partition coefficient (Wildman–Crippen LogP) is 4.08. The number of amides is 1. The van der Waals surface area contributed by atoms with Crippen molar-refractivity contribution in [2.45, 2.75) is 13.8 Å². The minimum Gasteiger partial charge on any atom is -0.478 e. The summed E-state index contributed by atoms with van der Waals surface area (Å²) < 4.78 is 0.537. The number of aryl methyl sites for hydroxylation is 2. The number of benzene rings is 1. The second kappa shape index (κ2) is 5.76. The number of thiophene rings is 1. The van der Waals surface area contributed by atoms with Crippen molar-refractivity contribution >= 4 is 44.8 Å². The highest BCUT2D eigenvalue weighted by molar-refractivity contribution is 9.10. The minimum atomic E-state index is -1.01. The summed E-state index contributed by atoms with van der Waals surface area (Å²) in [6, 6.07) is 6.33. The van der Waals surface area contributed by atoms with E-state index in [0.29, 0.717) is 15.7 Å². The zero-order chi connectivity index (χ0) is 14.9. The van der Waals surface area contributed by atoms with Crippen molar-refractivity contribution in [1.29, 1.82) is 0 Å². The first-order valence-corrected chi connectivity index (χ1v) is 7.40. The number of carboxylic acid groups (broad SMARTS) is 1. The molecule has 1 amide bonds. The van der Waals surface area contributed by atoms with Crippen LogP contribution in [-0.2, 0) is 0 Å². The van der Waals surface area contributed by atoms with E-state index in [1.165, 1.54) is 12.1 Å². The topological polar surface area (TPSA) is 66.4 Å². The molecule has 0 aliphatic rings. The molecular weight excluding hydrogens is 342 g/mol. The fourth-order valence-electron chi connectivity index (χ4n) is 1.80. The number of aromatic carboxylic acids is 1. The third-order valence-electron chi connectivity index (χ3n) is 2.75. The number of carboxylic acids is 1. The van der Waals surface area contributed by atoms with Crippen LogP contribution in [0.3, 0.4) is 0 Å². The van der Waals surface area contributed by atoms with Gasteiger partial charge in [-0.15, -0.1) is 11.3 Å². The van der Waals surface area contributed by atoms with Crippen LogP contribution in [0.5, 0.6) is 0 Å². The number of hydrogen-bond donors (Lipinski definition) is 2. The average molecular weight is 354 g/mol. The molecule has 20 heavy (non-hydrogen) atoms. The standard InChI is InChI=1S/C14H12BrNO3S/c1-7-5-10(8(2)20-7)13(17)16-12-4-3-9(14(18)19)6-11(12)15/h3-6H,1-2H3,(H,16,17)(H,18,19). The molecule has 2 rings (SSSR count). The van der Waals surface area contributed by atoms with Gasteiger partial charge in [0.25, 0.3) is 5.91 Å². The van der Waals surface area contributed by atoms with Crippen LogP contribution in [0.4, 0.5) is 5.69 Å². The van der Waals surface area contributed by atoms with E-state index in [1.54, 1.807) is 17.4 Å². The lowest BCUT2D eigenvalue weighted by atomic mass is 10.2. The van der Waals surface area contributed by atoms with E-state index in [-0.39, 0.29) is 11.5 Å². The third-order valence-corrected chi connectivity index (χ3v) is 4.37. The van der Waals surface area contributed by atoms with E-state index in [1.807, 2.05) is 19.9 Å². The van der Waals surface area contributed by atoms with E-state index in [4.69, 9.17) is 5.11 Å². The summed E-state index contributed by atoms with van der Waals surface area (Å²) in [4.78, 5) is 25.1. The summed E-state index contributed by atoms with van der Waals surface area (Å²) in [5.41, 5.74) is 1.35. The molecule has 6 heteroatoms. The molecule has 0 radical (unpaired) electrons. The maximum absolute atomic E-state index is 12.2. The molecule has 0 aliphatic carbocycles. The van der Waals surface area contributed by atoms with Gasteiger partial charge >= 0.3 is 5.97 Å². The van der Waals surface area contributed by atoms with Gasteiger partial charge in [-0.25, -0.2) is 4.79 Å². The number of hydrogen-bond acceptors (Lipinski definition) is 3. The normalized spacial score (nSPS) is 10.3. The molecule has 2 N–H and O–H groups in total. The highest BCUT2D eigenvalue weighted by atomic mass is 79.9. The van der Waals surface area contributed by atoms with Crippen LogP contribution in [0.15, 0.2) is 28.7 Å². The largest absolute Gasteiger partial charge is 0.478 e. The monoisotopic (exact) mass is 353 g/mol. The highest BCUT2D eigenvalue weighted by Crippen LogP contribution is 2.26. The van der Waals surface area contributed by atoms with Crippen molar-refractivity contribution in [2.24, 2.45) is 0 Å². The first kappa shape index (κ1) is 14.7. The van der Waals surface area contributed by atoms with Gasteiger partial charge < -0.3 is 10.4 Å². The summed E-state index contributed by atoms with van der Waals surface area (Å²) >= 11 is 4.83. The summed E-state index contributed by atoms with van der Waals surface area (Å²) in [6.07, 6.45) is 0. The second-order valence-corrected chi connectivity index (χ2v) is 6.60. The van der Waals surface area contributed by atoms with Crippen molar-refractivity contribution in [3.63, 3.8) is 0 Å². The highest BCUT2D eigenvalue weighted by Gasteiger charge is 2.14. The summed E-state index contributed by atoms with van der Waals surface area (Å²) in [7, 11) is 0. The van der Waals surface area contributed by atoms with Crippen LogP contribution in [0.1, 0.15) is 30.5 Å². The van der Waals surface area contributed by atoms with Gasteiger partial charge in [-0.1, -0.05) is 0 Å². The lowest BCUT2D eigenvalue weighted by molar-refractivity contribution is 0.0696. The van der Waals surface area contributed by atoms with Gasteiger partial charge in [-0.2, -0.15) is 0 Å². The van der Waals surface area contributed by atoms with Crippen LogP contribution < -0.4 is 5.32 Å². The predicted molar refractivity (Wildman–Crippen MR) is 82.8 cm³/mol. The molecule has 0 saturated heterocycles. The molecule has 1 heterocycles. The molecule has 0 saturated carbocycles. The summed E-state index contributed by atoms with van der Waals surface area (Å²) in [5, 5.41) is 11.7. The van der Waals surface area contributed by atoms with Gasteiger partial charge in [0.05, 0.1) is 16.8 Å². The molecule has 4 nitrogen and oxygen atoms in total. The van der Waals surface area contributed by atoms with E-state index >= 15 is 0 Å².